The normalized spacial score (nSPS) is 17.3. The van der Waals surface area contributed by atoms with E-state index in [0.717, 1.165) is 22.3 Å². The Balaban J connectivity index is 1.46. The minimum Gasteiger partial charge on any atom is -0.395 e. The molecule has 11 nitrogen and oxygen atoms in total. The second-order valence-electron chi connectivity index (χ2n) is 11.6. The molecule has 2 aromatic carbocycles. The van der Waals surface area contributed by atoms with Crippen molar-refractivity contribution in [1.82, 2.24) is 14.5 Å². The minimum absolute atomic E-state index is 0.0140. The van der Waals surface area contributed by atoms with Gasteiger partial charge in [0.1, 0.15) is 11.4 Å². The summed E-state index contributed by atoms with van der Waals surface area (Å²) in [6.45, 7) is 7.69. The van der Waals surface area contributed by atoms with Gasteiger partial charge in [0.2, 0.25) is 10.0 Å². The van der Waals surface area contributed by atoms with Crippen molar-refractivity contribution in [2.24, 2.45) is 10.7 Å². The van der Waals surface area contributed by atoms with E-state index in [9.17, 15) is 27.6 Å². The second-order valence-corrected chi connectivity index (χ2v) is 13.5. The molecule has 2 aliphatic rings. The third kappa shape index (κ3) is 6.89. The number of primary amides is 1. The van der Waals surface area contributed by atoms with Gasteiger partial charge in [-0.3, -0.25) is 14.7 Å². The smallest absolute Gasteiger partial charge is 0.315 e. The van der Waals surface area contributed by atoms with Crippen LogP contribution in [0.1, 0.15) is 54.5 Å². The highest BCUT2D eigenvalue weighted by Crippen LogP contribution is 2.33. The van der Waals surface area contributed by atoms with E-state index in [-0.39, 0.29) is 50.7 Å². The van der Waals surface area contributed by atoms with Crippen molar-refractivity contribution in [3.8, 4) is 5.75 Å². The number of carbonyl (C=O) groups excluding carboxylic acids is 2. The van der Waals surface area contributed by atoms with Crippen molar-refractivity contribution in [2.75, 3.05) is 26.2 Å². The molecule has 1 spiro atoms. The van der Waals surface area contributed by atoms with E-state index in [1.165, 1.54) is 26.7 Å². The van der Waals surface area contributed by atoms with Crippen molar-refractivity contribution in [1.29, 1.82) is 0 Å². The van der Waals surface area contributed by atoms with Crippen molar-refractivity contribution >= 4 is 33.9 Å². The third-order valence-corrected chi connectivity index (χ3v) is 9.67. The van der Waals surface area contributed by atoms with E-state index < -0.39 is 27.1 Å². The lowest BCUT2D eigenvalue weighted by atomic mass is 9.89. The first kappa shape index (κ1) is 32.1. The Kier molecular flexibility index (Phi) is 9.28. The number of urea groups is 1. The summed E-state index contributed by atoms with van der Waals surface area (Å²) < 4.78 is 40.5. The highest BCUT2D eigenvalue weighted by molar-refractivity contribution is 7.92. The van der Waals surface area contributed by atoms with Crippen molar-refractivity contribution in [2.45, 2.75) is 58.0 Å². The zero-order valence-corrected chi connectivity index (χ0v) is 25.6. The number of aliphatic hydroxyl groups is 1. The number of hydrogen-bond donors (Lipinski definition) is 3. The first-order valence-electron chi connectivity index (χ1n) is 14.0. The van der Waals surface area contributed by atoms with E-state index in [1.807, 2.05) is 39.8 Å². The van der Waals surface area contributed by atoms with Crippen LogP contribution in [0.5, 0.6) is 5.75 Å². The van der Waals surface area contributed by atoms with E-state index in [1.54, 1.807) is 18.2 Å². The standard InChI is InChI=1S/C30H38FN5O6S/c1-20-16-22(19-29(3,4)36(13-14-37)28(32)39)17-21(2)25(20)8-15-43(40,41)35-11-9-30(10-12-35)27(38)33-26(34-30)23-6-5-7-24(18-23)42-31/h5-8,15-18,37H,9-14,19H2,1-4H3,(H2,32,39)(H,33,34,38)/b15-8+. The summed E-state index contributed by atoms with van der Waals surface area (Å²) in [5, 5.41) is 13.3. The summed E-state index contributed by atoms with van der Waals surface area (Å²) in [5.74, 6) is -0.0278. The van der Waals surface area contributed by atoms with Crippen LogP contribution in [0.4, 0.5) is 9.32 Å². The zero-order valence-electron chi connectivity index (χ0n) is 24.8. The molecule has 0 bridgehead atoms. The summed E-state index contributed by atoms with van der Waals surface area (Å²) in [4.78, 5) is 34.6. The van der Waals surface area contributed by atoms with Gasteiger partial charge in [-0.1, -0.05) is 24.3 Å². The molecule has 4 rings (SSSR count). The number of amidine groups is 1. The molecule has 3 amide bonds. The number of halogens is 1. The Morgan fingerprint density at radius 1 is 1.23 bits per heavy atom. The molecule has 0 aromatic heterocycles. The molecule has 1 saturated heterocycles. The highest BCUT2D eigenvalue weighted by Gasteiger charge is 2.47. The largest absolute Gasteiger partial charge is 0.395 e. The summed E-state index contributed by atoms with van der Waals surface area (Å²) in [5.41, 5.74) is 7.75. The number of amides is 3. The first-order chi connectivity index (χ1) is 20.2. The SMILES string of the molecule is Cc1cc(CC(C)(C)N(CCO)C(N)=O)cc(C)c1/C=C/S(=O)(=O)N1CCC2(CC1)N=C(c1cccc(OF)c1)NC2=O. The van der Waals surface area contributed by atoms with E-state index in [0.29, 0.717) is 17.8 Å². The van der Waals surface area contributed by atoms with E-state index in [2.05, 4.69) is 15.3 Å². The van der Waals surface area contributed by atoms with Gasteiger partial charge in [-0.2, -0.15) is 4.31 Å². The summed E-state index contributed by atoms with van der Waals surface area (Å²) in [6, 6.07) is 9.41. The number of piperidine rings is 1. The van der Waals surface area contributed by atoms with Gasteiger partial charge in [-0.25, -0.2) is 13.2 Å². The molecule has 0 atom stereocenters. The molecule has 13 heteroatoms. The zero-order chi connectivity index (χ0) is 31.6. The van der Waals surface area contributed by atoms with Gasteiger partial charge in [0.15, 0.2) is 5.75 Å². The fourth-order valence-electron chi connectivity index (χ4n) is 5.87. The molecule has 232 valence electrons. The Morgan fingerprint density at radius 3 is 2.47 bits per heavy atom. The molecular formula is C30H38FN5O6S. The fourth-order valence-corrected chi connectivity index (χ4v) is 7.04. The van der Waals surface area contributed by atoms with Crippen LogP contribution in [0, 0.1) is 13.8 Å². The van der Waals surface area contributed by atoms with Crippen LogP contribution in [0.2, 0.25) is 0 Å². The van der Waals surface area contributed by atoms with Gasteiger partial charge < -0.3 is 21.1 Å². The number of β-amino-alcohol motifs (C(OH)–C–C–N with tert-alkyl or cyclic N) is 1. The van der Waals surface area contributed by atoms with E-state index >= 15 is 0 Å². The van der Waals surface area contributed by atoms with Crippen LogP contribution in [-0.2, 0) is 21.2 Å². The van der Waals surface area contributed by atoms with Gasteiger partial charge in [0.25, 0.3) is 5.91 Å². The molecule has 2 heterocycles. The second kappa shape index (κ2) is 12.4. The molecule has 1 fully saturated rings. The molecule has 43 heavy (non-hydrogen) atoms. The van der Waals surface area contributed by atoms with Crippen molar-refractivity contribution in [3.63, 3.8) is 0 Å². The molecule has 2 aromatic rings. The number of carbonyl (C=O) groups is 2. The molecule has 0 radical (unpaired) electrons. The lowest BCUT2D eigenvalue weighted by Gasteiger charge is -2.37. The number of nitrogens with two attached hydrogens (primary N) is 1. The molecule has 2 aliphatic heterocycles. The van der Waals surface area contributed by atoms with Crippen LogP contribution in [0.15, 0.2) is 46.8 Å². The quantitative estimate of drug-likeness (QED) is 0.373. The van der Waals surface area contributed by atoms with Crippen LogP contribution < -0.4 is 16.0 Å². The molecule has 0 aliphatic carbocycles. The number of aliphatic hydroxyl groups excluding tert-OH is 1. The maximum atomic E-state index is 13.3. The van der Waals surface area contributed by atoms with Crippen molar-refractivity contribution in [3.05, 3.63) is 69.6 Å². The van der Waals surface area contributed by atoms with Crippen LogP contribution in [0.3, 0.4) is 0 Å². The molecular weight excluding hydrogens is 577 g/mol. The van der Waals surface area contributed by atoms with Gasteiger partial charge >= 0.3 is 6.03 Å². The van der Waals surface area contributed by atoms with E-state index in [4.69, 9.17) is 5.73 Å². The first-order valence-corrected chi connectivity index (χ1v) is 15.5. The Bertz CT molecular complexity index is 1540. The van der Waals surface area contributed by atoms with Gasteiger partial charge in [-0.05, 0) is 87.4 Å². The van der Waals surface area contributed by atoms with Gasteiger partial charge in [0.05, 0.1) is 6.61 Å². The lowest BCUT2D eigenvalue weighted by Crippen LogP contribution is -2.52. The Hall–Kier alpha value is -3.81. The molecule has 4 N–H and O–H groups in total. The number of hydrogen-bond acceptors (Lipinski definition) is 7. The summed E-state index contributed by atoms with van der Waals surface area (Å²) in [7, 11) is -3.79. The number of aryl methyl sites for hydroxylation is 2. The Labute approximate surface area is 251 Å². The average Bonchev–Trinajstić information content (AvgIpc) is 3.25. The van der Waals surface area contributed by atoms with Crippen LogP contribution >= 0.6 is 0 Å². The maximum Gasteiger partial charge on any atom is 0.315 e. The Morgan fingerprint density at radius 2 is 1.88 bits per heavy atom. The number of benzene rings is 2. The summed E-state index contributed by atoms with van der Waals surface area (Å²) in [6.07, 6.45) is 2.48. The van der Waals surface area contributed by atoms with Gasteiger partial charge in [0, 0.05) is 40.7 Å². The summed E-state index contributed by atoms with van der Waals surface area (Å²) >= 11 is 0. The minimum atomic E-state index is -3.79. The number of sulfonamides is 1. The number of aliphatic imine (C=N–C) groups is 1. The highest BCUT2D eigenvalue weighted by atomic mass is 32.2. The lowest BCUT2D eigenvalue weighted by molar-refractivity contribution is -0.124. The number of nitrogens with one attached hydrogen (secondary N) is 1. The molecule has 0 unspecified atom stereocenters. The monoisotopic (exact) mass is 615 g/mol. The number of rotatable bonds is 10. The molecule has 0 saturated carbocycles. The predicted octanol–water partition coefficient (Wildman–Crippen LogP) is 2.97. The van der Waals surface area contributed by atoms with Crippen LogP contribution in [-0.4, -0.2) is 77.8 Å². The third-order valence-electron chi connectivity index (χ3n) is 8.10. The fraction of sp³-hybridized carbons (Fsp3) is 0.433. The van der Waals surface area contributed by atoms with Gasteiger partial charge in [-0.15, -0.1) is 0 Å². The average molecular weight is 616 g/mol. The predicted molar refractivity (Wildman–Crippen MR) is 161 cm³/mol. The maximum absolute atomic E-state index is 13.3. The van der Waals surface area contributed by atoms with Crippen molar-refractivity contribution < 1.29 is 32.6 Å². The number of nitrogens with zero attached hydrogens (tertiary/aromatic N) is 3. The topological polar surface area (TPSA) is 155 Å². The van der Waals surface area contributed by atoms with Crippen LogP contribution in [0.25, 0.3) is 6.08 Å².